The van der Waals surface area contributed by atoms with Crippen LogP contribution in [-0.4, -0.2) is 20.6 Å². The van der Waals surface area contributed by atoms with Gasteiger partial charge in [-0.05, 0) is 26.2 Å². The topological polar surface area (TPSA) is 55.1 Å². The van der Waals surface area contributed by atoms with Gasteiger partial charge in [-0.3, -0.25) is 4.79 Å². The minimum Gasteiger partial charge on any atom is -0.481 e. The molecule has 1 atom stereocenters. The maximum absolute atomic E-state index is 11.4. The van der Waals surface area contributed by atoms with Crippen LogP contribution in [-0.2, 0) is 17.8 Å². The van der Waals surface area contributed by atoms with Crippen LogP contribution >= 0.6 is 0 Å². The molecule has 1 unspecified atom stereocenters. The van der Waals surface area contributed by atoms with Gasteiger partial charge in [-0.1, -0.05) is 30.3 Å². The number of imidazole rings is 1. The second-order valence-electron chi connectivity index (χ2n) is 5.16. The Balaban J connectivity index is 2.16. The van der Waals surface area contributed by atoms with Gasteiger partial charge in [0.05, 0.1) is 5.69 Å². The zero-order chi connectivity index (χ0) is 14.1. The fraction of sp³-hybridized carbons (Fsp3) is 0.375. The number of aliphatic carboxylic acids is 1. The third kappa shape index (κ3) is 2.01. The number of hydrogen-bond donors (Lipinski definition) is 1. The number of aromatic nitrogens is 2. The second-order valence-corrected chi connectivity index (χ2v) is 5.16. The molecule has 3 rings (SSSR count). The van der Waals surface area contributed by atoms with Crippen LogP contribution in [0.2, 0.25) is 0 Å². The molecule has 104 valence electrons. The minimum atomic E-state index is -0.758. The van der Waals surface area contributed by atoms with Crippen LogP contribution in [0.1, 0.15) is 37.1 Å². The molecule has 1 N–H and O–H groups in total. The molecule has 0 saturated heterocycles. The Labute approximate surface area is 118 Å². The quantitative estimate of drug-likeness (QED) is 0.932. The summed E-state index contributed by atoms with van der Waals surface area (Å²) < 4.78 is 2.17. The number of carboxylic acids is 1. The van der Waals surface area contributed by atoms with Gasteiger partial charge in [0.1, 0.15) is 11.7 Å². The molecule has 1 heterocycles. The Morgan fingerprint density at radius 2 is 2.15 bits per heavy atom. The molecule has 1 aromatic heterocycles. The van der Waals surface area contributed by atoms with Gasteiger partial charge in [-0.15, -0.1) is 0 Å². The summed E-state index contributed by atoms with van der Waals surface area (Å²) in [6.45, 7) is 2.90. The maximum Gasteiger partial charge on any atom is 0.312 e. The molecule has 0 spiro atoms. The summed E-state index contributed by atoms with van der Waals surface area (Å²) >= 11 is 0. The van der Waals surface area contributed by atoms with Crippen LogP contribution < -0.4 is 0 Å². The zero-order valence-corrected chi connectivity index (χ0v) is 11.5. The van der Waals surface area contributed by atoms with Gasteiger partial charge < -0.3 is 9.67 Å². The van der Waals surface area contributed by atoms with Crippen molar-refractivity contribution in [2.45, 2.75) is 38.6 Å². The summed E-state index contributed by atoms with van der Waals surface area (Å²) in [5, 5.41) is 9.38. The van der Waals surface area contributed by atoms with Gasteiger partial charge >= 0.3 is 5.97 Å². The normalized spacial score (nSPS) is 17.8. The first-order valence-electron chi connectivity index (χ1n) is 7.10. The molecule has 0 bridgehead atoms. The van der Waals surface area contributed by atoms with Crippen LogP contribution in [0, 0.1) is 0 Å². The Hall–Kier alpha value is -2.10. The first-order valence-corrected chi connectivity index (χ1v) is 7.10. The number of hydrogen-bond acceptors (Lipinski definition) is 2. The van der Waals surface area contributed by atoms with E-state index in [1.54, 1.807) is 0 Å². The smallest absolute Gasteiger partial charge is 0.312 e. The van der Waals surface area contributed by atoms with E-state index in [2.05, 4.69) is 16.5 Å². The van der Waals surface area contributed by atoms with Crippen LogP contribution in [0.5, 0.6) is 0 Å². The van der Waals surface area contributed by atoms with Crippen molar-refractivity contribution in [3.63, 3.8) is 0 Å². The number of benzene rings is 1. The summed E-state index contributed by atoms with van der Waals surface area (Å²) in [5.41, 5.74) is 2.92. The lowest BCUT2D eigenvalue weighted by atomic mass is 9.90. The minimum absolute atomic E-state index is 0.450. The van der Waals surface area contributed by atoms with E-state index in [0.717, 1.165) is 42.2 Å². The van der Waals surface area contributed by atoms with Crippen molar-refractivity contribution in [2.75, 3.05) is 0 Å². The van der Waals surface area contributed by atoms with Crippen molar-refractivity contribution >= 4 is 5.97 Å². The fourth-order valence-corrected chi connectivity index (χ4v) is 3.05. The molecule has 1 aliphatic rings. The fourth-order valence-electron chi connectivity index (χ4n) is 3.05. The van der Waals surface area contributed by atoms with E-state index < -0.39 is 11.9 Å². The molecule has 0 fully saturated rings. The van der Waals surface area contributed by atoms with E-state index in [0.29, 0.717) is 6.42 Å². The number of carboxylic acid groups (broad SMARTS) is 1. The zero-order valence-electron chi connectivity index (χ0n) is 11.5. The Morgan fingerprint density at radius 1 is 1.40 bits per heavy atom. The number of carbonyl (C=O) groups is 1. The predicted molar refractivity (Wildman–Crippen MR) is 76.7 cm³/mol. The molecule has 0 radical (unpaired) electrons. The molecule has 0 saturated carbocycles. The molecule has 2 aromatic rings. The van der Waals surface area contributed by atoms with Gasteiger partial charge in [0.25, 0.3) is 0 Å². The lowest BCUT2D eigenvalue weighted by molar-refractivity contribution is -0.139. The van der Waals surface area contributed by atoms with Crippen LogP contribution in [0.4, 0.5) is 0 Å². The summed E-state index contributed by atoms with van der Waals surface area (Å²) in [6.07, 6.45) is 2.54. The van der Waals surface area contributed by atoms with E-state index in [1.807, 2.05) is 30.3 Å². The van der Waals surface area contributed by atoms with E-state index >= 15 is 0 Å². The highest BCUT2D eigenvalue weighted by atomic mass is 16.4. The summed E-state index contributed by atoms with van der Waals surface area (Å²) in [5.74, 6) is -0.313. The summed E-state index contributed by atoms with van der Waals surface area (Å²) in [6, 6.07) is 9.99. The molecule has 4 heteroatoms. The number of nitrogens with zero attached hydrogens (tertiary/aromatic N) is 2. The molecular weight excluding hydrogens is 252 g/mol. The van der Waals surface area contributed by atoms with E-state index in [9.17, 15) is 9.90 Å². The highest BCUT2D eigenvalue weighted by Crippen LogP contribution is 2.34. The number of fused-ring (bicyclic) bond motifs is 1. The highest BCUT2D eigenvalue weighted by molar-refractivity contribution is 5.76. The first-order chi connectivity index (χ1) is 9.72. The lowest BCUT2D eigenvalue weighted by Gasteiger charge is -2.19. The van der Waals surface area contributed by atoms with Crippen molar-refractivity contribution in [2.24, 2.45) is 0 Å². The van der Waals surface area contributed by atoms with Crippen molar-refractivity contribution < 1.29 is 9.90 Å². The number of rotatable bonds is 3. The standard InChI is InChI=1S/C16H18N2O2/c1-2-18-13-10-6-9-12(16(19)20)14(13)17-15(18)11-7-4-3-5-8-11/h3-5,7-8,12H,2,6,9-10H2,1H3,(H,19,20). The summed E-state index contributed by atoms with van der Waals surface area (Å²) in [7, 11) is 0. The average Bonchev–Trinajstić information content (AvgIpc) is 2.86. The largest absolute Gasteiger partial charge is 0.481 e. The third-order valence-corrected chi connectivity index (χ3v) is 3.99. The second kappa shape index (κ2) is 5.12. The molecular formula is C16H18N2O2. The van der Waals surface area contributed by atoms with E-state index in [4.69, 9.17) is 0 Å². The van der Waals surface area contributed by atoms with E-state index in [-0.39, 0.29) is 0 Å². The van der Waals surface area contributed by atoms with E-state index in [1.165, 1.54) is 0 Å². The lowest BCUT2D eigenvalue weighted by Crippen LogP contribution is -2.19. The maximum atomic E-state index is 11.4. The Bertz CT molecular complexity index is 631. The van der Waals surface area contributed by atoms with Gasteiger partial charge in [0, 0.05) is 17.8 Å². The van der Waals surface area contributed by atoms with Crippen molar-refractivity contribution in [1.29, 1.82) is 0 Å². The Morgan fingerprint density at radius 3 is 2.80 bits per heavy atom. The molecule has 1 aromatic carbocycles. The molecule has 20 heavy (non-hydrogen) atoms. The molecule has 4 nitrogen and oxygen atoms in total. The SMILES string of the molecule is CCn1c(-c2ccccc2)nc2c1CCCC2C(=O)O. The van der Waals surface area contributed by atoms with Crippen molar-refractivity contribution in [3.8, 4) is 11.4 Å². The average molecular weight is 270 g/mol. The van der Waals surface area contributed by atoms with Crippen LogP contribution in [0.3, 0.4) is 0 Å². The van der Waals surface area contributed by atoms with Crippen molar-refractivity contribution in [1.82, 2.24) is 9.55 Å². The third-order valence-electron chi connectivity index (χ3n) is 3.99. The monoisotopic (exact) mass is 270 g/mol. The van der Waals surface area contributed by atoms with Gasteiger partial charge in [-0.25, -0.2) is 4.98 Å². The van der Waals surface area contributed by atoms with Crippen LogP contribution in [0.25, 0.3) is 11.4 Å². The molecule has 0 aliphatic heterocycles. The highest BCUT2D eigenvalue weighted by Gasteiger charge is 2.31. The van der Waals surface area contributed by atoms with Gasteiger partial charge in [0.2, 0.25) is 0 Å². The van der Waals surface area contributed by atoms with Crippen LogP contribution in [0.15, 0.2) is 30.3 Å². The Kier molecular flexibility index (Phi) is 3.30. The molecule has 0 amide bonds. The van der Waals surface area contributed by atoms with Gasteiger partial charge in [-0.2, -0.15) is 0 Å². The van der Waals surface area contributed by atoms with Crippen molar-refractivity contribution in [3.05, 3.63) is 41.7 Å². The predicted octanol–water partition coefficient (Wildman–Crippen LogP) is 3.07. The summed E-state index contributed by atoms with van der Waals surface area (Å²) in [4.78, 5) is 16.1. The molecule has 1 aliphatic carbocycles. The first kappa shape index (κ1) is 12.9. The van der Waals surface area contributed by atoms with Gasteiger partial charge in [0.15, 0.2) is 0 Å².